The van der Waals surface area contributed by atoms with E-state index < -0.39 is 10.0 Å². The predicted molar refractivity (Wildman–Crippen MR) is 129 cm³/mol. The maximum Gasteiger partial charge on any atom is 0.262 e. The number of ether oxygens (including phenoxy) is 2. The minimum absolute atomic E-state index is 0.0648. The predicted octanol–water partition coefficient (Wildman–Crippen LogP) is 4.41. The van der Waals surface area contributed by atoms with E-state index in [1.165, 1.54) is 17.7 Å². The lowest BCUT2D eigenvalue weighted by Gasteiger charge is -2.33. The van der Waals surface area contributed by atoms with Crippen molar-refractivity contribution in [2.24, 2.45) is 0 Å². The summed E-state index contributed by atoms with van der Waals surface area (Å²) in [6.45, 7) is 4.25. The highest BCUT2D eigenvalue weighted by Crippen LogP contribution is 2.33. The van der Waals surface area contributed by atoms with Gasteiger partial charge in [0.25, 0.3) is 15.9 Å². The van der Waals surface area contributed by atoms with Crippen LogP contribution in [0.5, 0.6) is 11.5 Å². The molecule has 2 heterocycles. The molecule has 1 N–H and O–H groups in total. The molecule has 0 saturated carbocycles. The van der Waals surface area contributed by atoms with Crippen molar-refractivity contribution in [2.45, 2.75) is 30.7 Å². The molecule has 176 valence electrons. The number of hydrogen-bond acceptors (Lipinski definition) is 5. The Morgan fingerprint density at radius 1 is 0.971 bits per heavy atom. The van der Waals surface area contributed by atoms with E-state index in [9.17, 15) is 13.2 Å². The van der Waals surface area contributed by atoms with Crippen LogP contribution in [-0.2, 0) is 16.6 Å². The summed E-state index contributed by atoms with van der Waals surface area (Å²) in [6.07, 6.45) is 0.733. The van der Waals surface area contributed by atoms with Gasteiger partial charge in [0.2, 0.25) is 0 Å². The molecule has 34 heavy (non-hydrogen) atoms. The minimum atomic E-state index is -3.89. The zero-order valence-electron chi connectivity index (χ0n) is 18.9. The fraction of sp³-hybridized carbons (Fsp3) is 0.269. The summed E-state index contributed by atoms with van der Waals surface area (Å²) in [4.78, 5) is 15.1. The van der Waals surface area contributed by atoms with Crippen molar-refractivity contribution in [3.63, 3.8) is 0 Å². The summed E-state index contributed by atoms with van der Waals surface area (Å²) in [7, 11) is -3.89. The molecule has 1 atom stereocenters. The van der Waals surface area contributed by atoms with Gasteiger partial charge in [-0.1, -0.05) is 37.3 Å². The van der Waals surface area contributed by atoms with E-state index in [-0.39, 0.29) is 16.7 Å². The molecule has 0 radical (unpaired) electrons. The summed E-state index contributed by atoms with van der Waals surface area (Å²) in [6, 6.07) is 19.3. The smallest absolute Gasteiger partial charge is 0.262 e. The van der Waals surface area contributed by atoms with Crippen molar-refractivity contribution in [1.82, 2.24) is 4.90 Å². The number of rotatable bonds is 4. The molecular weight excluding hydrogens is 452 g/mol. The zero-order chi connectivity index (χ0) is 23.7. The van der Waals surface area contributed by atoms with Crippen LogP contribution in [0.1, 0.15) is 40.7 Å². The van der Waals surface area contributed by atoms with Crippen LogP contribution in [0.4, 0.5) is 5.69 Å². The van der Waals surface area contributed by atoms with Crippen LogP contribution in [-0.4, -0.2) is 39.0 Å². The van der Waals surface area contributed by atoms with Crippen LogP contribution in [0.2, 0.25) is 0 Å². The van der Waals surface area contributed by atoms with E-state index in [1.54, 1.807) is 30.3 Å². The van der Waals surface area contributed by atoms with Gasteiger partial charge in [-0.25, -0.2) is 8.42 Å². The number of sulfonamides is 1. The summed E-state index contributed by atoms with van der Waals surface area (Å²) >= 11 is 0. The van der Waals surface area contributed by atoms with Crippen molar-refractivity contribution in [3.8, 4) is 11.5 Å². The monoisotopic (exact) mass is 478 g/mol. The first kappa shape index (κ1) is 22.3. The van der Waals surface area contributed by atoms with Crippen molar-refractivity contribution in [3.05, 3.63) is 83.4 Å². The van der Waals surface area contributed by atoms with Crippen LogP contribution in [0.15, 0.2) is 71.6 Å². The van der Waals surface area contributed by atoms with Gasteiger partial charge in [0.05, 0.1) is 18.1 Å². The van der Waals surface area contributed by atoms with Crippen LogP contribution in [0, 0.1) is 0 Å². The number of hydrogen-bond donors (Lipinski definition) is 1. The van der Waals surface area contributed by atoms with Crippen LogP contribution in [0.3, 0.4) is 0 Å². The molecule has 5 rings (SSSR count). The maximum atomic E-state index is 13.3. The van der Waals surface area contributed by atoms with Crippen molar-refractivity contribution < 1.29 is 22.7 Å². The van der Waals surface area contributed by atoms with Crippen molar-refractivity contribution in [2.75, 3.05) is 24.5 Å². The standard InChI is InChI=1S/C26H26N2O5S/c1-18-16-28(17-20-6-2-3-9-23(18)20)26(29)19-7-4-8-21(14-19)27-34(30,31)22-10-11-24-25(15-22)33-13-5-12-32-24/h2-4,6-11,14-15,18,27H,5,12-13,16-17H2,1H3. The van der Waals surface area contributed by atoms with E-state index in [1.807, 2.05) is 23.1 Å². The number of carbonyl (C=O) groups is 1. The number of benzene rings is 3. The first-order chi connectivity index (χ1) is 16.4. The van der Waals surface area contributed by atoms with Crippen LogP contribution >= 0.6 is 0 Å². The highest BCUT2D eigenvalue weighted by atomic mass is 32.2. The van der Waals surface area contributed by atoms with Crippen LogP contribution < -0.4 is 14.2 Å². The van der Waals surface area contributed by atoms with Gasteiger partial charge in [0.15, 0.2) is 11.5 Å². The third-order valence-corrected chi connectivity index (χ3v) is 7.50. The largest absolute Gasteiger partial charge is 0.490 e. The SMILES string of the molecule is CC1CN(C(=O)c2cccc(NS(=O)(=O)c3ccc4c(c3)OCCCO4)c2)Cc2ccccc21. The van der Waals surface area contributed by atoms with Gasteiger partial charge >= 0.3 is 0 Å². The lowest BCUT2D eigenvalue weighted by Crippen LogP contribution is -2.37. The Balaban J connectivity index is 1.35. The number of fused-ring (bicyclic) bond motifs is 2. The average molecular weight is 479 g/mol. The Bertz CT molecular complexity index is 1340. The summed E-state index contributed by atoms with van der Waals surface area (Å²) in [5.41, 5.74) is 3.16. The summed E-state index contributed by atoms with van der Waals surface area (Å²) < 4.78 is 39.9. The Hall–Kier alpha value is -3.52. The lowest BCUT2D eigenvalue weighted by molar-refractivity contribution is 0.0721. The Morgan fingerprint density at radius 3 is 2.62 bits per heavy atom. The van der Waals surface area contributed by atoms with Gasteiger partial charge in [-0.3, -0.25) is 9.52 Å². The molecule has 7 nitrogen and oxygen atoms in total. The number of carbonyl (C=O) groups excluding carboxylic acids is 1. The first-order valence-corrected chi connectivity index (χ1v) is 12.8. The fourth-order valence-electron chi connectivity index (χ4n) is 4.44. The Kier molecular flexibility index (Phi) is 5.91. The van der Waals surface area contributed by atoms with Gasteiger partial charge in [-0.2, -0.15) is 0 Å². The van der Waals surface area contributed by atoms with Crippen LogP contribution in [0.25, 0.3) is 0 Å². The molecule has 8 heteroatoms. The quantitative estimate of drug-likeness (QED) is 0.601. The molecule has 0 spiro atoms. The molecule has 2 aliphatic heterocycles. The maximum absolute atomic E-state index is 13.3. The first-order valence-electron chi connectivity index (χ1n) is 11.3. The highest BCUT2D eigenvalue weighted by Gasteiger charge is 2.26. The van der Waals surface area contributed by atoms with Gasteiger partial charge in [-0.05, 0) is 47.4 Å². The Labute approximate surface area is 199 Å². The molecule has 1 amide bonds. The topological polar surface area (TPSA) is 84.9 Å². The van der Waals surface area contributed by atoms with Gasteiger partial charge < -0.3 is 14.4 Å². The minimum Gasteiger partial charge on any atom is -0.490 e. The lowest BCUT2D eigenvalue weighted by atomic mass is 9.91. The molecule has 3 aromatic rings. The van der Waals surface area contributed by atoms with Gasteiger partial charge in [0, 0.05) is 36.8 Å². The number of anilines is 1. The zero-order valence-corrected chi connectivity index (χ0v) is 19.7. The molecule has 0 bridgehead atoms. The van der Waals surface area contributed by atoms with E-state index in [4.69, 9.17) is 9.47 Å². The second kappa shape index (κ2) is 9.02. The normalized spacial score (nSPS) is 17.4. The fourth-order valence-corrected chi connectivity index (χ4v) is 5.50. The number of nitrogens with one attached hydrogen (secondary N) is 1. The molecule has 0 fully saturated rings. The van der Waals surface area contributed by atoms with E-state index >= 15 is 0 Å². The summed E-state index contributed by atoms with van der Waals surface area (Å²) in [5.74, 6) is 1.04. The molecule has 0 aliphatic carbocycles. The van der Waals surface area contributed by atoms with E-state index in [0.717, 1.165) is 12.0 Å². The highest BCUT2D eigenvalue weighted by molar-refractivity contribution is 7.92. The molecule has 1 unspecified atom stereocenters. The van der Waals surface area contributed by atoms with Gasteiger partial charge in [0.1, 0.15) is 0 Å². The third kappa shape index (κ3) is 4.46. The molecule has 0 aromatic heterocycles. The van der Waals surface area contributed by atoms with Crippen molar-refractivity contribution >= 4 is 21.6 Å². The van der Waals surface area contributed by atoms with E-state index in [0.29, 0.717) is 49.1 Å². The second-order valence-corrected chi connectivity index (χ2v) is 10.3. The molecule has 3 aromatic carbocycles. The number of amides is 1. The molecular formula is C26H26N2O5S. The van der Waals surface area contributed by atoms with Gasteiger partial charge in [-0.15, -0.1) is 0 Å². The summed E-state index contributed by atoms with van der Waals surface area (Å²) in [5, 5.41) is 0. The third-order valence-electron chi connectivity index (χ3n) is 6.12. The van der Waals surface area contributed by atoms with Crippen molar-refractivity contribution in [1.29, 1.82) is 0 Å². The Morgan fingerprint density at radius 2 is 1.76 bits per heavy atom. The average Bonchev–Trinajstić information content (AvgIpc) is 3.08. The van der Waals surface area contributed by atoms with E-state index in [2.05, 4.69) is 17.7 Å². The second-order valence-electron chi connectivity index (χ2n) is 8.63. The molecule has 0 saturated heterocycles. The number of nitrogens with zero attached hydrogens (tertiary/aromatic N) is 1. The molecule has 2 aliphatic rings.